The summed E-state index contributed by atoms with van der Waals surface area (Å²) in [6.45, 7) is 9.86. The lowest BCUT2D eigenvalue weighted by Crippen LogP contribution is -2.24. The van der Waals surface area contributed by atoms with Crippen molar-refractivity contribution in [2.24, 2.45) is 23.2 Å². The Hall–Kier alpha value is -0.0400. The molecule has 2 atom stereocenters. The van der Waals surface area contributed by atoms with Crippen molar-refractivity contribution in [1.29, 1.82) is 0 Å². The summed E-state index contributed by atoms with van der Waals surface area (Å²) in [4.78, 5) is 2.47. The van der Waals surface area contributed by atoms with Gasteiger partial charge in [-0.25, -0.2) is 0 Å². The van der Waals surface area contributed by atoms with Crippen LogP contribution in [-0.2, 0) is 0 Å². The SMILES string of the molecule is CN1CC2C(C1)C2C(C)(C)C. The van der Waals surface area contributed by atoms with E-state index in [1.165, 1.54) is 13.1 Å². The van der Waals surface area contributed by atoms with Crippen molar-refractivity contribution >= 4 is 0 Å². The summed E-state index contributed by atoms with van der Waals surface area (Å²) in [6.07, 6.45) is 0. The highest BCUT2D eigenvalue weighted by Gasteiger charge is 2.58. The quantitative estimate of drug-likeness (QED) is 0.513. The fraction of sp³-hybridized carbons (Fsp3) is 1.00. The molecule has 0 aromatic rings. The number of hydrogen-bond donors (Lipinski definition) is 0. The van der Waals surface area contributed by atoms with Crippen LogP contribution in [0.2, 0.25) is 0 Å². The van der Waals surface area contributed by atoms with Gasteiger partial charge in [0.25, 0.3) is 0 Å². The van der Waals surface area contributed by atoms with Gasteiger partial charge in [-0.15, -0.1) is 0 Å². The molecule has 0 aromatic heterocycles. The molecular weight excluding hydrogens is 134 g/mol. The normalized spacial score (nSPS) is 44.2. The maximum absolute atomic E-state index is 2.47. The number of fused-ring (bicyclic) bond motifs is 1. The fourth-order valence-corrected chi connectivity index (χ4v) is 3.02. The first-order valence-electron chi connectivity index (χ1n) is 4.68. The van der Waals surface area contributed by atoms with Gasteiger partial charge in [-0.2, -0.15) is 0 Å². The van der Waals surface area contributed by atoms with Crippen molar-refractivity contribution in [3.05, 3.63) is 0 Å². The van der Waals surface area contributed by atoms with Crippen LogP contribution in [0.1, 0.15) is 20.8 Å². The Balaban J connectivity index is 1.98. The van der Waals surface area contributed by atoms with Crippen LogP contribution in [-0.4, -0.2) is 25.0 Å². The third-order valence-electron chi connectivity index (χ3n) is 3.38. The van der Waals surface area contributed by atoms with E-state index in [-0.39, 0.29) is 0 Å². The molecule has 0 aromatic carbocycles. The predicted octanol–water partition coefficient (Wildman–Crippen LogP) is 1.84. The highest BCUT2D eigenvalue weighted by atomic mass is 15.2. The Bertz CT molecular complexity index is 156. The summed E-state index contributed by atoms with van der Waals surface area (Å²) in [5.74, 6) is 3.11. The van der Waals surface area contributed by atoms with Crippen LogP contribution in [0.5, 0.6) is 0 Å². The number of likely N-dealkylation sites (tertiary alicyclic amines) is 1. The van der Waals surface area contributed by atoms with Crippen LogP contribution in [0.3, 0.4) is 0 Å². The van der Waals surface area contributed by atoms with Crippen LogP contribution >= 0.6 is 0 Å². The van der Waals surface area contributed by atoms with E-state index in [9.17, 15) is 0 Å². The monoisotopic (exact) mass is 153 g/mol. The molecule has 1 heteroatoms. The number of rotatable bonds is 0. The summed E-state index contributed by atoms with van der Waals surface area (Å²) in [5, 5.41) is 0. The van der Waals surface area contributed by atoms with Gasteiger partial charge in [0.2, 0.25) is 0 Å². The van der Waals surface area contributed by atoms with Gasteiger partial charge in [0, 0.05) is 13.1 Å². The molecule has 1 heterocycles. The van der Waals surface area contributed by atoms with Gasteiger partial charge < -0.3 is 4.90 Å². The lowest BCUT2D eigenvalue weighted by Gasteiger charge is -2.23. The Morgan fingerprint density at radius 2 is 1.55 bits per heavy atom. The topological polar surface area (TPSA) is 3.24 Å². The molecular formula is C10H19N. The predicted molar refractivity (Wildman–Crippen MR) is 47.4 cm³/mol. The van der Waals surface area contributed by atoms with Crippen LogP contribution in [0.15, 0.2) is 0 Å². The van der Waals surface area contributed by atoms with Crippen LogP contribution < -0.4 is 0 Å². The summed E-state index contributed by atoms with van der Waals surface area (Å²) in [7, 11) is 2.24. The van der Waals surface area contributed by atoms with E-state index in [0.29, 0.717) is 5.41 Å². The van der Waals surface area contributed by atoms with E-state index < -0.39 is 0 Å². The van der Waals surface area contributed by atoms with Gasteiger partial charge in [0.15, 0.2) is 0 Å². The maximum Gasteiger partial charge on any atom is 0.00129 e. The van der Waals surface area contributed by atoms with Crippen molar-refractivity contribution in [2.45, 2.75) is 20.8 Å². The molecule has 0 bridgehead atoms. The smallest absolute Gasteiger partial charge is 0.00129 e. The molecule has 0 spiro atoms. The lowest BCUT2D eigenvalue weighted by molar-refractivity contribution is 0.250. The minimum Gasteiger partial charge on any atom is -0.306 e. The summed E-state index contributed by atoms with van der Waals surface area (Å²) < 4.78 is 0. The summed E-state index contributed by atoms with van der Waals surface area (Å²) >= 11 is 0. The van der Waals surface area contributed by atoms with E-state index >= 15 is 0 Å². The summed E-state index contributed by atoms with van der Waals surface area (Å²) in [6, 6.07) is 0. The minimum atomic E-state index is 0.566. The number of hydrogen-bond acceptors (Lipinski definition) is 1. The molecule has 64 valence electrons. The zero-order chi connectivity index (χ0) is 8.22. The highest BCUT2D eigenvalue weighted by Crippen LogP contribution is 2.59. The minimum absolute atomic E-state index is 0.566. The molecule has 2 aliphatic rings. The Morgan fingerprint density at radius 3 is 1.91 bits per heavy atom. The van der Waals surface area contributed by atoms with E-state index in [1.54, 1.807) is 0 Å². The van der Waals surface area contributed by atoms with E-state index in [1.807, 2.05) is 0 Å². The average molecular weight is 153 g/mol. The maximum atomic E-state index is 2.47. The highest BCUT2D eigenvalue weighted by molar-refractivity contribution is 5.08. The zero-order valence-corrected chi connectivity index (χ0v) is 8.09. The molecule has 2 unspecified atom stereocenters. The van der Waals surface area contributed by atoms with Gasteiger partial charge in [-0.1, -0.05) is 20.8 Å². The van der Waals surface area contributed by atoms with Gasteiger partial charge in [-0.3, -0.25) is 0 Å². The third kappa shape index (κ3) is 1.10. The van der Waals surface area contributed by atoms with Gasteiger partial charge in [0.1, 0.15) is 0 Å². The molecule has 0 radical (unpaired) electrons. The Morgan fingerprint density at radius 1 is 1.09 bits per heavy atom. The second-order valence-corrected chi connectivity index (χ2v) is 5.44. The van der Waals surface area contributed by atoms with E-state index in [4.69, 9.17) is 0 Å². The largest absolute Gasteiger partial charge is 0.306 e. The first-order chi connectivity index (χ1) is 5.00. The molecule has 0 N–H and O–H groups in total. The third-order valence-corrected chi connectivity index (χ3v) is 3.38. The standard InChI is InChI=1S/C10H19N/c1-10(2,3)9-7-5-11(4)6-8(7)9/h7-9H,5-6H2,1-4H3. The molecule has 2 fully saturated rings. The van der Waals surface area contributed by atoms with Crippen LogP contribution in [0.4, 0.5) is 0 Å². The fourth-order valence-electron chi connectivity index (χ4n) is 3.02. The van der Waals surface area contributed by atoms with Crippen LogP contribution in [0.25, 0.3) is 0 Å². The number of nitrogens with zero attached hydrogens (tertiary/aromatic N) is 1. The molecule has 2 rings (SSSR count). The Kier molecular flexibility index (Phi) is 1.39. The van der Waals surface area contributed by atoms with E-state index in [2.05, 4.69) is 32.7 Å². The second-order valence-electron chi connectivity index (χ2n) is 5.44. The zero-order valence-electron chi connectivity index (χ0n) is 8.09. The molecule has 11 heavy (non-hydrogen) atoms. The van der Waals surface area contributed by atoms with E-state index in [0.717, 1.165) is 17.8 Å². The van der Waals surface area contributed by atoms with Crippen molar-refractivity contribution < 1.29 is 0 Å². The van der Waals surface area contributed by atoms with Gasteiger partial charge in [0.05, 0.1) is 0 Å². The lowest BCUT2D eigenvalue weighted by atomic mass is 9.87. The van der Waals surface area contributed by atoms with Crippen molar-refractivity contribution in [1.82, 2.24) is 4.90 Å². The van der Waals surface area contributed by atoms with Gasteiger partial charge in [-0.05, 0) is 30.2 Å². The molecule has 1 saturated heterocycles. The molecule has 1 saturated carbocycles. The molecule has 0 amide bonds. The summed E-state index contributed by atoms with van der Waals surface area (Å²) in [5.41, 5.74) is 0.566. The first-order valence-corrected chi connectivity index (χ1v) is 4.68. The van der Waals surface area contributed by atoms with Crippen LogP contribution in [0, 0.1) is 23.2 Å². The Labute approximate surface area is 69.8 Å². The van der Waals surface area contributed by atoms with Crippen molar-refractivity contribution in [3.63, 3.8) is 0 Å². The second kappa shape index (κ2) is 2.01. The van der Waals surface area contributed by atoms with Crippen molar-refractivity contribution in [3.8, 4) is 0 Å². The van der Waals surface area contributed by atoms with Crippen molar-refractivity contribution in [2.75, 3.05) is 20.1 Å². The number of piperidine rings is 1. The molecule has 1 aliphatic carbocycles. The van der Waals surface area contributed by atoms with Gasteiger partial charge >= 0.3 is 0 Å². The molecule has 1 aliphatic heterocycles. The molecule has 1 nitrogen and oxygen atoms in total. The average Bonchev–Trinajstić information content (AvgIpc) is 2.31. The first kappa shape index (κ1) is 7.60.